The maximum absolute atomic E-state index is 10.1. The molecular weight excluding hydrogens is 352 g/mol. The quantitative estimate of drug-likeness (QED) is 0.457. The summed E-state index contributed by atoms with van der Waals surface area (Å²) in [7, 11) is 0. The first-order chi connectivity index (χ1) is 13.7. The minimum Gasteiger partial charge on any atom is -0.393 e. The molecule has 29 heavy (non-hydrogen) atoms. The zero-order valence-electron chi connectivity index (χ0n) is 19.7. The van der Waals surface area contributed by atoms with Gasteiger partial charge in [-0.15, -0.1) is 0 Å². The summed E-state index contributed by atoms with van der Waals surface area (Å²) in [5.41, 5.74) is 4.82. The first-order valence-corrected chi connectivity index (χ1v) is 12.2. The Morgan fingerprint density at radius 2 is 1.83 bits per heavy atom. The second kappa shape index (κ2) is 9.38. The molecule has 0 saturated heterocycles. The van der Waals surface area contributed by atoms with Gasteiger partial charge in [-0.3, -0.25) is 0 Å². The topological polar surface area (TPSA) is 20.2 Å². The Balaban J connectivity index is 1.73. The maximum atomic E-state index is 10.1. The van der Waals surface area contributed by atoms with Crippen LogP contribution in [0.1, 0.15) is 86.5 Å². The molecule has 3 aliphatic carbocycles. The molecule has 6 atom stereocenters. The highest BCUT2D eigenvalue weighted by molar-refractivity contribution is 5.36. The summed E-state index contributed by atoms with van der Waals surface area (Å²) in [6, 6.07) is 0. The predicted octanol–water partition coefficient (Wildman–Crippen LogP) is 7.64. The summed E-state index contributed by atoms with van der Waals surface area (Å²) in [5, 5.41) is 10.1. The first-order valence-electron chi connectivity index (χ1n) is 12.2. The van der Waals surface area contributed by atoms with E-state index >= 15 is 0 Å². The van der Waals surface area contributed by atoms with Crippen molar-refractivity contribution in [2.24, 2.45) is 35.0 Å². The van der Waals surface area contributed by atoms with Crippen LogP contribution in [-0.2, 0) is 0 Å². The molecule has 1 nitrogen and oxygen atoms in total. The van der Waals surface area contributed by atoms with Crippen molar-refractivity contribution in [3.8, 4) is 0 Å². The van der Waals surface area contributed by atoms with Crippen molar-refractivity contribution in [2.75, 3.05) is 0 Å². The minimum absolute atomic E-state index is 0.152. The lowest BCUT2D eigenvalue weighted by molar-refractivity contribution is 0.129. The van der Waals surface area contributed by atoms with Crippen LogP contribution >= 0.6 is 0 Å². The Morgan fingerprint density at radius 1 is 1.07 bits per heavy atom. The maximum Gasteiger partial charge on any atom is 0.0583 e. The van der Waals surface area contributed by atoms with E-state index < -0.39 is 0 Å². The fraction of sp³-hybridized carbons (Fsp3) is 0.714. The first kappa shape index (κ1) is 22.6. The van der Waals surface area contributed by atoms with Gasteiger partial charge in [0.15, 0.2) is 0 Å². The summed E-state index contributed by atoms with van der Waals surface area (Å²) in [6.45, 7) is 14.2. The minimum atomic E-state index is -0.152. The standard InChI is InChI=1S/C28H44O/c1-19(2)20(3)9-10-22(5)26-15-16-27-23(8-7-17-28(26,27)6)12-13-24-18-25(29)14-11-21(24)4/h8-10,12-13,19-20,22,25-27,29H,7,11,14-18H2,1-6H3/b10-9+,13-12+. The molecule has 1 N–H and O–H groups in total. The van der Waals surface area contributed by atoms with Crippen LogP contribution in [0, 0.1) is 35.0 Å². The average Bonchev–Trinajstić information content (AvgIpc) is 3.04. The van der Waals surface area contributed by atoms with Gasteiger partial charge in [0, 0.05) is 0 Å². The number of rotatable bonds is 6. The molecule has 0 aliphatic heterocycles. The van der Waals surface area contributed by atoms with Crippen LogP contribution in [0.2, 0.25) is 0 Å². The highest BCUT2D eigenvalue weighted by atomic mass is 16.3. The van der Waals surface area contributed by atoms with Gasteiger partial charge in [0.1, 0.15) is 0 Å². The van der Waals surface area contributed by atoms with Gasteiger partial charge in [0.05, 0.1) is 6.10 Å². The van der Waals surface area contributed by atoms with E-state index in [1.807, 2.05) is 0 Å². The van der Waals surface area contributed by atoms with Gasteiger partial charge in [0.25, 0.3) is 0 Å². The zero-order valence-corrected chi connectivity index (χ0v) is 19.7. The van der Waals surface area contributed by atoms with E-state index in [1.54, 1.807) is 5.57 Å². The van der Waals surface area contributed by atoms with Gasteiger partial charge < -0.3 is 5.11 Å². The second-order valence-electron chi connectivity index (χ2n) is 10.9. The summed E-state index contributed by atoms with van der Waals surface area (Å²) in [5.74, 6) is 3.53. The van der Waals surface area contributed by atoms with E-state index in [2.05, 4.69) is 71.9 Å². The molecule has 1 fully saturated rings. The lowest BCUT2D eigenvalue weighted by Gasteiger charge is -2.42. The number of aliphatic hydroxyl groups is 1. The highest BCUT2D eigenvalue weighted by Gasteiger charge is 2.49. The normalized spacial score (nSPS) is 35.4. The summed E-state index contributed by atoms with van der Waals surface area (Å²) in [4.78, 5) is 0. The molecule has 0 aromatic rings. The van der Waals surface area contributed by atoms with Crippen molar-refractivity contribution in [2.45, 2.75) is 92.6 Å². The van der Waals surface area contributed by atoms with Gasteiger partial charge >= 0.3 is 0 Å². The molecule has 0 amide bonds. The molecule has 3 aliphatic rings. The molecule has 3 rings (SSSR count). The molecule has 0 spiro atoms. The number of aliphatic hydroxyl groups excluding tert-OH is 1. The van der Waals surface area contributed by atoms with Crippen LogP contribution in [0.25, 0.3) is 0 Å². The Labute approximate surface area is 180 Å². The van der Waals surface area contributed by atoms with Crippen LogP contribution in [0.15, 0.2) is 47.1 Å². The van der Waals surface area contributed by atoms with E-state index in [9.17, 15) is 5.11 Å². The Hall–Kier alpha value is -1.08. The van der Waals surface area contributed by atoms with Crippen molar-refractivity contribution in [1.82, 2.24) is 0 Å². The third kappa shape index (κ3) is 4.98. The van der Waals surface area contributed by atoms with Crippen LogP contribution < -0.4 is 0 Å². The van der Waals surface area contributed by atoms with Crippen molar-refractivity contribution in [3.05, 3.63) is 47.1 Å². The van der Waals surface area contributed by atoms with E-state index in [0.717, 1.165) is 31.1 Å². The molecule has 162 valence electrons. The third-order valence-corrected chi connectivity index (χ3v) is 8.61. The SMILES string of the molecule is CC1=C(/C=C/C2=CCCC3(C)C2CCC3C(C)/C=C/C(C)C(C)C)CC(O)CC1. The molecule has 0 bridgehead atoms. The van der Waals surface area contributed by atoms with Gasteiger partial charge in [-0.2, -0.15) is 0 Å². The van der Waals surface area contributed by atoms with Gasteiger partial charge in [0.2, 0.25) is 0 Å². The number of allylic oxidation sites excluding steroid dienone is 7. The summed E-state index contributed by atoms with van der Waals surface area (Å²) >= 11 is 0. The van der Waals surface area contributed by atoms with Gasteiger partial charge in [-0.05, 0) is 98.0 Å². The third-order valence-electron chi connectivity index (χ3n) is 8.61. The molecule has 1 heteroatoms. The van der Waals surface area contributed by atoms with Crippen molar-refractivity contribution >= 4 is 0 Å². The van der Waals surface area contributed by atoms with Crippen molar-refractivity contribution in [1.29, 1.82) is 0 Å². The van der Waals surface area contributed by atoms with Crippen LogP contribution in [0.5, 0.6) is 0 Å². The van der Waals surface area contributed by atoms with E-state index in [1.165, 1.54) is 36.8 Å². The Morgan fingerprint density at radius 3 is 2.55 bits per heavy atom. The molecular formula is C28H44O. The van der Waals surface area contributed by atoms with Crippen molar-refractivity contribution < 1.29 is 5.11 Å². The number of fused-ring (bicyclic) bond motifs is 1. The fourth-order valence-electron chi connectivity index (χ4n) is 6.10. The van der Waals surface area contributed by atoms with E-state index in [4.69, 9.17) is 0 Å². The molecule has 0 aromatic heterocycles. The van der Waals surface area contributed by atoms with Crippen molar-refractivity contribution in [3.63, 3.8) is 0 Å². The Bertz CT molecular complexity index is 691. The van der Waals surface area contributed by atoms with E-state index in [-0.39, 0.29) is 6.10 Å². The van der Waals surface area contributed by atoms with Gasteiger partial charge in [-0.25, -0.2) is 0 Å². The largest absolute Gasteiger partial charge is 0.393 e. The second-order valence-corrected chi connectivity index (χ2v) is 10.9. The summed E-state index contributed by atoms with van der Waals surface area (Å²) < 4.78 is 0. The number of hydrogen-bond donors (Lipinski definition) is 1. The lowest BCUT2D eigenvalue weighted by atomic mass is 9.62. The fourth-order valence-corrected chi connectivity index (χ4v) is 6.10. The summed E-state index contributed by atoms with van der Waals surface area (Å²) in [6.07, 6.45) is 20.1. The lowest BCUT2D eigenvalue weighted by Crippen LogP contribution is -2.34. The van der Waals surface area contributed by atoms with Crippen LogP contribution in [-0.4, -0.2) is 11.2 Å². The molecule has 1 saturated carbocycles. The van der Waals surface area contributed by atoms with Gasteiger partial charge in [-0.1, -0.05) is 70.6 Å². The monoisotopic (exact) mass is 396 g/mol. The Kier molecular flexibility index (Phi) is 7.31. The smallest absolute Gasteiger partial charge is 0.0583 e. The molecule has 0 aromatic carbocycles. The molecule has 0 radical (unpaired) electrons. The molecule has 0 heterocycles. The van der Waals surface area contributed by atoms with Crippen LogP contribution in [0.3, 0.4) is 0 Å². The predicted molar refractivity (Wildman–Crippen MR) is 126 cm³/mol. The highest BCUT2D eigenvalue weighted by Crippen LogP contribution is 2.58. The average molecular weight is 397 g/mol. The number of hydrogen-bond acceptors (Lipinski definition) is 1. The van der Waals surface area contributed by atoms with Crippen LogP contribution in [0.4, 0.5) is 0 Å². The zero-order chi connectivity index (χ0) is 21.2. The van der Waals surface area contributed by atoms with E-state index in [0.29, 0.717) is 23.2 Å². The molecule has 6 unspecified atom stereocenters.